The summed E-state index contributed by atoms with van der Waals surface area (Å²) in [5.41, 5.74) is 2.85. The van der Waals surface area contributed by atoms with Crippen LogP contribution in [0.1, 0.15) is 6.92 Å². The molecule has 0 saturated heterocycles. The van der Waals surface area contributed by atoms with E-state index in [1.807, 2.05) is 25.4 Å². The number of hydrogen-bond acceptors (Lipinski definition) is 4. The topological polar surface area (TPSA) is 49.8 Å². The first kappa shape index (κ1) is 13.2. The fourth-order valence-electron chi connectivity index (χ4n) is 1.85. The molecule has 0 spiro atoms. The first-order valence-electron chi connectivity index (χ1n) is 5.99. The van der Waals surface area contributed by atoms with E-state index in [0.717, 1.165) is 34.3 Å². The molecule has 0 aliphatic heterocycles. The molecule has 1 atom stereocenters. The third-order valence-electron chi connectivity index (χ3n) is 2.74. The van der Waals surface area contributed by atoms with E-state index in [-0.39, 0.29) is 0 Å². The molecule has 0 bridgehead atoms. The van der Waals surface area contributed by atoms with Crippen molar-refractivity contribution in [1.29, 1.82) is 0 Å². The standard InChI is InChI=1S/C13H17BrN4/c1-9(6-15-2)7-17-11-3-4-16-12-5-10(14)8-18-13(11)12/h3-5,8-9,15H,6-7H2,1-2H3,(H,16,17). The second kappa shape index (κ2) is 6.11. The van der Waals surface area contributed by atoms with Gasteiger partial charge in [0.05, 0.1) is 11.2 Å². The van der Waals surface area contributed by atoms with Gasteiger partial charge in [0.1, 0.15) is 5.52 Å². The number of anilines is 1. The zero-order chi connectivity index (χ0) is 13.0. The minimum absolute atomic E-state index is 0.564. The normalized spacial score (nSPS) is 12.6. The molecule has 2 heterocycles. The Balaban J connectivity index is 2.18. The average molecular weight is 309 g/mol. The van der Waals surface area contributed by atoms with Crippen LogP contribution in [-0.2, 0) is 0 Å². The molecular weight excluding hydrogens is 292 g/mol. The highest BCUT2D eigenvalue weighted by atomic mass is 79.9. The molecule has 0 radical (unpaired) electrons. The third-order valence-corrected chi connectivity index (χ3v) is 3.17. The first-order valence-corrected chi connectivity index (χ1v) is 6.78. The Morgan fingerprint density at radius 2 is 2.17 bits per heavy atom. The summed E-state index contributed by atoms with van der Waals surface area (Å²) in [6.07, 6.45) is 3.60. The van der Waals surface area contributed by atoms with Gasteiger partial charge in [-0.1, -0.05) is 6.92 Å². The maximum Gasteiger partial charge on any atom is 0.112 e. The Hall–Kier alpha value is -1.20. The van der Waals surface area contributed by atoms with Gasteiger partial charge in [0.15, 0.2) is 0 Å². The molecule has 96 valence electrons. The molecular formula is C13H17BrN4. The summed E-state index contributed by atoms with van der Waals surface area (Å²) in [5, 5.41) is 6.61. The largest absolute Gasteiger partial charge is 0.383 e. The Morgan fingerprint density at radius 3 is 2.94 bits per heavy atom. The average Bonchev–Trinajstić information content (AvgIpc) is 2.36. The van der Waals surface area contributed by atoms with Gasteiger partial charge in [-0.3, -0.25) is 9.97 Å². The van der Waals surface area contributed by atoms with E-state index in [4.69, 9.17) is 0 Å². The van der Waals surface area contributed by atoms with Gasteiger partial charge in [0.2, 0.25) is 0 Å². The Kier molecular flexibility index (Phi) is 4.49. The highest BCUT2D eigenvalue weighted by Crippen LogP contribution is 2.22. The molecule has 0 aliphatic carbocycles. The lowest BCUT2D eigenvalue weighted by molar-refractivity contribution is 0.570. The second-order valence-corrected chi connectivity index (χ2v) is 5.34. The summed E-state index contributed by atoms with van der Waals surface area (Å²) in [7, 11) is 1.97. The minimum Gasteiger partial charge on any atom is -0.383 e. The zero-order valence-electron chi connectivity index (χ0n) is 10.6. The van der Waals surface area contributed by atoms with E-state index in [9.17, 15) is 0 Å². The van der Waals surface area contributed by atoms with Crippen LogP contribution in [0.3, 0.4) is 0 Å². The van der Waals surface area contributed by atoms with Gasteiger partial charge in [-0.15, -0.1) is 0 Å². The number of pyridine rings is 2. The number of nitrogens with zero attached hydrogens (tertiary/aromatic N) is 2. The van der Waals surface area contributed by atoms with Gasteiger partial charge in [-0.05, 0) is 47.6 Å². The highest BCUT2D eigenvalue weighted by Gasteiger charge is 2.05. The lowest BCUT2D eigenvalue weighted by Gasteiger charge is -2.13. The molecule has 0 saturated carbocycles. The predicted molar refractivity (Wildman–Crippen MR) is 78.8 cm³/mol. The van der Waals surface area contributed by atoms with E-state index in [2.05, 4.69) is 43.5 Å². The molecule has 18 heavy (non-hydrogen) atoms. The molecule has 1 unspecified atom stereocenters. The van der Waals surface area contributed by atoms with E-state index >= 15 is 0 Å². The van der Waals surface area contributed by atoms with Crippen LogP contribution in [0.25, 0.3) is 11.0 Å². The van der Waals surface area contributed by atoms with Gasteiger partial charge >= 0.3 is 0 Å². The number of nitrogens with one attached hydrogen (secondary N) is 2. The van der Waals surface area contributed by atoms with Crippen molar-refractivity contribution in [2.75, 3.05) is 25.5 Å². The van der Waals surface area contributed by atoms with Crippen LogP contribution in [0, 0.1) is 5.92 Å². The van der Waals surface area contributed by atoms with Gasteiger partial charge < -0.3 is 10.6 Å². The zero-order valence-corrected chi connectivity index (χ0v) is 12.2. The lowest BCUT2D eigenvalue weighted by Crippen LogP contribution is -2.22. The third kappa shape index (κ3) is 3.17. The molecule has 2 rings (SSSR count). The van der Waals surface area contributed by atoms with Crippen LogP contribution in [0.4, 0.5) is 5.69 Å². The van der Waals surface area contributed by atoms with Crippen molar-refractivity contribution in [3.05, 3.63) is 29.0 Å². The highest BCUT2D eigenvalue weighted by molar-refractivity contribution is 9.10. The molecule has 0 aromatic carbocycles. The summed E-state index contributed by atoms with van der Waals surface area (Å²) in [5.74, 6) is 0.564. The van der Waals surface area contributed by atoms with Crippen LogP contribution in [0.15, 0.2) is 29.0 Å². The van der Waals surface area contributed by atoms with Crippen LogP contribution < -0.4 is 10.6 Å². The number of rotatable bonds is 5. The fourth-order valence-corrected chi connectivity index (χ4v) is 2.17. The lowest BCUT2D eigenvalue weighted by atomic mass is 10.1. The molecule has 5 heteroatoms. The number of halogens is 1. The molecule has 0 aliphatic rings. The van der Waals surface area contributed by atoms with E-state index < -0.39 is 0 Å². The summed E-state index contributed by atoms with van der Waals surface area (Å²) < 4.78 is 0.947. The van der Waals surface area contributed by atoms with Gasteiger partial charge in [0, 0.05) is 23.4 Å². The van der Waals surface area contributed by atoms with Crippen molar-refractivity contribution >= 4 is 32.7 Å². The number of aromatic nitrogens is 2. The fraction of sp³-hybridized carbons (Fsp3) is 0.385. The number of fused-ring (bicyclic) bond motifs is 1. The van der Waals surface area contributed by atoms with Gasteiger partial charge in [-0.2, -0.15) is 0 Å². The molecule has 2 aromatic heterocycles. The van der Waals surface area contributed by atoms with E-state index in [1.54, 1.807) is 6.20 Å². The predicted octanol–water partition coefficient (Wildman–Crippen LogP) is 2.66. The van der Waals surface area contributed by atoms with Crippen molar-refractivity contribution < 1.29 is 0 Å². The van der Waals surface area contributed by atoms with Crippen LogP contribution in [0.2, 0.25) is 0 Å². The monoisotopic (exact) mass is 308 g/mol. The van der Waals surface area contributed by atoms with Crippen LogP contribution in [-0.4, -0.2) is 30.1 Å². The molecule has 0 fully saturated rings. The van der Waals surface area contributed by atoms with Crippen molar-refractivity contribution in [2.45, 2.75) is 6.92 Å². The maximum absolute atomic E-state index is 4.42. The van der Waals surface area contributed by atoms with Gasteiger partial charge in [-0.25, -0.2) is 0 Å². The van der Waals surface area contributed by atoms with Crippen molar-refractivity contribution in [1.82, 2.24) is 15.3 Å². The number of hydrogen-bond donors (Lipinski definition) is 2. The van der Waals surface area contributed by atoms with Crippen molar-refractivity contribution in [3.8, 4) is 0 Å². The Bertz CT molecular complexity index is 529. The summed E-state index contributed by atoms with van der Waals surface area (Å²) >= 11 is 3.41. The van der Waals surface area contributed by atoms with E-state index in [0.29, 0.717) is 5.92 Å². The van der Waals surface area contributed by atoms with Crippen molar-refractivity contribution in [2.24, 2.45) is 5.92 Å². The van der Waals surface area contributed by atoms with Gasteiger partial charge in [0.25, 0.3) is 0 Å². The second-order valence-electron chi connectivity index (χ2n) is 4.42. The summed E-state index contributed by atoms with van der Waals surface area (Å²) in [6, 6.07) is 3.94. The Labute approximate surface area is 115 Å². The minimum atomic E-state index is 0.564. The first-order chi connectivity index (χ1) is 8.70. The molecule has 2 N–H and O–H groups in total. The molecule has 0 amide bonds. The maximum atomic E-state index is 4.42. The van der Waals surface area contributed by atoms with Crippen LogP contribution in [0.5, 0.6) is 0 Å². The summed E-state index contributed by atoms with van der Waals surface area (Å²) in [6.45, 7) is 4.11. The quantitative estimate of drug-likeness (QED) is 0.891. The smallest absolute Gasteiger partial charge is 0.112 e. The summed E-state index contributed by atoms with van der Waals surface area (Å²) in [4.78, 5) is 8.74. The SMILES string of the molecule is CNCC(C)CNc1ccnc2cc(Br)cnc12. The van der Waals surface area contributed by atoms with E-state index in [1.165, 1.54) is 0 Å². The molecule has 2 aromatic rings. The van der Waals surface area contributed by atoms with Crippen LogP contribution >= 0.6 is 15.9 Å². The van der Waals surface area contributed by atoms with Crippen molar-refractivity contribution in [3.63, 3.8) is 0 Å². The molecule has 4 nitrogen and oxygen atoms in total. The Morgan fingerprint density at radius 1 is 1.33 bits per heavy atom.